The van der Waals surface area contributed by atoms with Gasteiger partial charge in [-0.25, -0.2) is 8.78 Å². The molecular formula is C5H8BrF3Mg. The second-order valence-corrected chi connectivity index (χ2v) is 1.58. The zero-order valence-electron chi connectivity index (χ0n) is 5.49. The fourth-order valence-electron chi connectivity index (χ4n) is 0.341. The van der Waals surface area contributed by atoms with E-state index in [1.54, 1.807) is 0 Å². The van der Waals surface area contributed by atoms with Crippen LogP contribution >= 0.6 is 0 Å². The van der Waals surface area contributed by atoms with Crippen molar-refractivity contribution in [3.8, 4) is 0 Å². The van der Waals surface area contributed by atoms with Gasteiger partial charge in [-0.05, 0) is 12.6 Å². The fourth-order valence-corrected chi connectivity index (χ4v) is 0.341. The zero-order chi connectivity index (χ0) is 6.57. The predicted molar refractivity (Wildman–Crippen MR) is 31.5 cm³/mol. The van der Waals surface area contributed by atoms with Gasteiger partial charge < -0.3 is 23.9 Å². The van der Waals surface area contributed by atoms with Gasteiger partial charge >= 0.3 is 23.1 Å². The van der Waals surface area contributed by atoms with Crippen LogP contribution in [-0.4, -0.2) is 42.1 Å². The van der Waals surface area contributed by atoms with Crippen molar-refractivity contribution in [3.63, 3.8) is 0 Å². The van der Waals surface area contributed by atoms with Crippen molar-refractivity contribution in [3.05, 3.63) is 6.92 Å². The molecule has 2 atom stereocenters. The molecule has 0 N–H and O–H groups in total. The van der Waals surface area contributed by atoms with Gasteiger partial charge in [0, 0.05) is 0 Å². The van der Waals surface area contributed by atoms with Gasteiger partial charge in [0.1, 0.15) is 12.8 Å². The summed E-state index contributed by atoms with van der Waals surface area (Å²) >= 11 is 0. The molecule has 0 nitrogen and oxygen atoms in total. The minimum absolute atomic E-state index is 0. The first-order valence-electron chi connectivity index (χ1n) is 2.34. The van der Waals surface area contributed by atoms with Crippen molar-refractivity contribution < 1.29 is 30.2 Å². The Balaban J connectivity index is -0.000000245. The molecule has 0 aliphatic heterocycles. The minimum atomic E-state index is -1.68. The average Bonchev–Trinajstić information content (AvgIpc) is 1.65. The topological polar surface area (TPSA) is 0 Å². The van der Waals surface area contributed by atoms with Gasteiger partial charge in [0.05, 0.1) is 0 Å². The Bertz CT molecular complexity index is 62.9. The standard InChI is InChI=1S/C5H8F3.BrH.Mg/c1-4(7)2-5(8)3-6;;/h4-5H,1-3H2;1H;/q-1;;+2/p-1. The molecule has 0 spiro atoms. The Labute approximate surface area is 85.5 Å². The molecule has 0 saturated heterocycles. The van der Waals surface area contributed by atoms with Gasteiger partial charge in [-0.3, -0.25) is 4.39 Å². The van der Waals surface area contributed by atoms with E-state index < -0.39 is 25.4 Å². The third-order valence-corrected chi connectivity index (χ3v) is 0.679. The molecule has 0 radical (unpaired) electrons. The molecule has 10 heavy (non-hydrogen) atoms. The van der Waals surface area contributed by atoms with Crippen LogP contribution in [0.4, 0.5) is 13.2 Å². The first-order valence-corrected chi connectivity index (χ1v) is 2.34. The van der Waals surface area contributed by atoms with Gasteiger partial charge in [0.25, 0.3) is 0 Å². The van der Waals surface area contributed by atoms with Crippen LogP contribution in [0, 0.1) is 6.92 Å². The van der Waals surface area contributed by atoms with Gasteiger partial charge in [-0.15, -0.1) is 0 Å². The van der Waals surface area contributed by atoms with E-state index in [0.29, 0.717) is 0 Å². The van der Waals surface area contributed by atoms with E-state index in [4.69, 9.17) is 0 Å². The molecule has 0 aromatic heterocycles. The summed E-state index contributed by atoms with van der Waals surface area (Å²) in [6.07, 6.45) is -3.60. The smallest absolute Gasteiger partial charge is 1.00 e. The van der Waals surface area contributed by atoms with Crippen LogP contribution in [0.25, 0.3) is 0 Å². The summed E-state index contributed by atoms with van der Waals surface area (Å²) in [5.41, 5.74) is 0. The van der Waals surface area contributed by atoms with E-state index in [-0.39, 0.29) is 40.0 Å². The van der Waals surface area contributed by atoms with Crippen LogP contribution in [0.1, 0.15) is 6.42 Å². The first-order chi connectivity index (χ1) is 3.66. The quantitative estimate of drug-likeness (QED) is 0.407. The molecule has 0 saturated carbocycles. The maximum Gasteiger partial charge on any atom is 2.00 e. The predicted octanol–water partition coefficient (Wildman–Crippen LogP) is -1.52. The van der Waals surface area contributed by atoms with Crippen molar-refractivity contribution in [1.82, 2.24) is 0 Å². The van der Waals surface area contributed by atoms with Crippen LogP contribution in [-0.2, 0) is 0 Å². The molecule has 0 amide bonds. The van der Waals surface area contributed by atoms with E-state index in [1.807, 2.05) is 0 Å². The molecule has 2 unspecified atom stereocenters. The van der Waals surface area contributed by atoms with E-state index in [0.717, 1.165) is 0 Å². The molecule has 0 aromatic carbocycles. The molecule has 0 heterocycles. The molecule has 0 aliphatic carbocycles. The summed E-state index contributed by atoms with van der Waals surface area (Å²) in [5, 5.41) is 0. The molecule has 0 fully saturated rings. The van der Waals surface area contributed by atoms with E-state index >= 15 is 0 Å². The van der Waals surface area contributed by atoms with Crippen LogP contribution < -0.4 is 17.0 Å². The van der Waals surface area contributed by atoms with E-state index in [1.165, 1.54) is 0 Å². The summed E-state index contributed by atoms with van der Waals surface area (Å²) in [4.78, 5) is 0. The number of alkyl halides is 3. The second kappa shape index (κ2) is 10.0. The van der Waals surface area contributed by atoms with Crippen LogP contribution in [0.2, 0.25) is 0 Å². The average molecular weight is 229 g/mol. The maximum absolute atomic E-state index is 11.7. The summed E-state index contributed by atoms with van der Waals surface area (Å²) in [6.45, 7) is 1.74. The summed E-state index contributed by atoms with van der Waals surface area (Å²) in [5.74, 6) is 0. The Morgan fingerprint density at radius 3 is 1.80 bits per heavy atom. The molecule has 0 bridgehead atoms. The molecule has 0 aromatic rings. The number of hydrogen-bond acceptors (Lipinski definition) is 0. The maximum atomic E-state index is 11.7. The van der Waals surface area contributed by atoms with Crippen molar-refractivity contribution in [1.29, 1.82) is 0 Å². The Kier molecular flexibility index (Phi) is 17.3. The molecule has 0 aliphatic rings. The fraction of sp³-hybridized carbons (Fsp3) is 0.800. The number of halogens is 4. The van der Waals surface area contributed by atoms with Gasteiger partial charge in [0.2, 0.25) is 0 Å². The Hall–Kier alpha value is 1.04. The summed E-state index contributed by atoms with van der Waals surface area (Å²) in [6, 6.07) is 0. The SMILES string of the molecule is [Br-].[CH2-]C(F)CC(F)CF.[Mg+2]. The van der Waals surface area contributed by atoms with Crippen LogP contribution in [0.15, 0.2) is 0 Å². The second-order valence-electron chi connectivity index (χ2n) is 1.58. The third-order valence-electron chi connectivity index (χ3n) is 0.679. The van der Waals surface area contributed by atoms with Crippen molar-refractivity contribution in [2.45, 2.75) is 18.8 Å². The molecule has 58 valence electrons. The third kappa shape index (κ3) is 11.8. The van der Waals surface area contributed by atoms with Crippen LogP contribution in [0.3, 0.4) is 0 Å². The summed E-state index contributed by atoms with van der Waals surface area (Å²) in [7, 11) is 0. The number of rotatable bonds is 3. The number of hydrogen-bond donors (Lipinski definition) is 0. The first kappa shape index (κ1) is 17.2. The molecule has 5 heteroatoms. The molecular weight excluding hydrogens is 221 g/mol. The molecule has 0 rings (SSSR count). The zero-order valence-corrected chi connectivity index (χ0v) is 8.50. The van der Waals surface area contributed by atoms with Gasteiger partial charge in [-0.2, -0.15) is 0 Å². The van der Waals surface area contributed by atoms with Gasteiger partial charge in [-0.1, -0.05) is 0 Å². The monoisotopic (exact) mass is 228 g/mol. The Morgan fingerprint density at radius 2 is 1.70 bits per heavy atom. The van der Waals surface area contributed by atoms with E-state index in [2.05, 4.69) is 6.92 Å². The van der Waals surface area contributed by atoms with Crippen LogP contribution in [0.5, 0.6) is 0 Å². The van der Waals surface area contributed by atoms with Crippen molar-refractivity contribution in [2.75, 3.05) is 6.67 Å². The van der Waals surface area contributed by atoms with E-state index in [9.17, 15) is 13.2 Å². The Morgan fingerprint density at radius 1 is 1.30 bits per heavy atom. The van der Waals surface area contributed by atoms with Crippen molar-refractivity contribution in [2.24, 2.45) is 0 Å². The normalized spacial score (nSPS) is 14.4. The summed E-state index contributed by atoms with van der Waals surface area (Å²) < 4.78 is 34.5. The van der Waals surface area contributed by atoms with Crippen molar-refractivity contribution >= 4 is 23.1 Å². The minimum Gasteiger partial charge on any atom is -1.00 e. The van der Waals surface area contributed by atoms with Gasteiger partial charge in [0.15, 0.2) is 0 Å². The largest absolute Gasteiger partial charge is 2.00 e.